The molecule has 5 heteroatoms. The van der Waals surface area contributed by atoms with E-state index in [0.717, 1.165) is 11.3 Å². The van der Waals surface area contributed by atoms with Crippen LogP contribution in [-0.2, 0) is 9.59 Å². The zero-order chi connectivity index (χ0) is 18.8. The van der Waals surface area contributed by atoms with E-state index in [9.17, 15) is 9.59 Å². The Morgan fingerprint density at radius 1 is 1.00 bits per heavy atom. The molecule has 0 saturated carbocycles. The SMILES string of the molecule is Cc1ccccc1NC1=C(c2ccc(Cl)cc2)C(=O)N(CC(C)C)C1=O. The highest BCUT2D eigenvalue weighted by Gasteiger charge is 2.39. The van der Waals surface area contributed by atoms with E-state index >= 15 is 0 Å². The molecule has 0 radical (unpaired) electrons. The lowest BCUT2D eigenvalue weighted by Gasteiger charge is -2.17. The van der Waals surface area contributed by atoms with Crippen LogP contribution in [-0.4, -0.2) is 23.3 Å². The topological polar surface area (TPSA) is 49.4 Å². The molecule has 0 bridgehead atoms. The molecular formula is C21H21ClN2O2. The third-order valence-electron chi connectivity index (χ3n) is 4.25. The fraction of sp³-hybridized carbons (Fsp3) is 0.238. The number of nitrogens with one attached hydrogen (secondary N) is 1. The minimum Gasteiger partial charge on any atom is -0.350 e. The summed E-state index contributed by atoms with van der Waals surface area (Å²) in [6.45, 7) is 6.30. The third kappa shape index (κ3) is 3.51. The molecule has 1 N–H and O–H groups in total. The minimum atomic E-state index is -0.295. The van der Waals surface area contributed by atoms with Crippen molar-refractivity contribution in [2.24, 2.45) is 5.92 Å². The second kappa shape index (κ2) is 7.34. The molecule has 26 heavy (non-hydrogen) atoms. The Kier molecular flexibility index (Phi) is 5.14. The Hall–Kier alpha value is -2.59. The maximum atomic E-state index is 13.0. The number of imide groups is 1. The largest absolute Gasteiger partial charge is 0.350 e. The molecule has 2 amide bonds. The molecule has 2 aromatic rings. The molecule has 0 unspecified atom stereocenters. The summed E-state index contributed by atoms with van der Waals surface area (Å²) in [5, 5.41) is 3.77. The summed E-state index contributed by atoms with van der Waals surface area (Å²) in [5.41, 5.74) is 3.18. The Balaban J connectivity index is 2.08. The van der Waals surface area contributed by atoms with Crippen LogP contribution in [0.1, 0.15) is 25.0 Å². The summed E-state index contributed by atoms with van der Waals surface area (Å²) in [4.78, 5) is 27.3. The van der Waals surface area contributed by atoms with Gasteiger partial charge in [-0.1, -0.05) is 55.8 Å². The summed E-state index contributed by atoms with van der Waals surface area (Å²) in [5.74, 6) is -0.383. The summed E-state index contributed by atoms with van der Waals surface area (Å²) in [6, 6.07) is 14.6. The second-order valence-electron chi connectivity index (χ2n) is 6.81. The lowest BCUT2D eigenvalue weighted by atomic mass is 10.0. The summed E-state index contributed by atoms with van der Waals surface area (Å²) in [7, 11) is 0. The molecule has 0 fully saturated rings. The average molecular weight is 369 g/mol. The predicted molar refractivity (Wildman–Crippen MR) is 105 cm³/mol. The van der Waals surface area contributed by atoms with Gasteiger partial charge in [0.1, 0.15) is 5.70 Å². The van der Waals surface area contributed by atoms with Gasteiger partial charge in [-0.15, -0.1) is 0 Å². The highest BCUT2D eigenvalue weighted by Crippen LogP contribution is 2.32. The molecule has 1 aliphatic rings. The van der Waals surface area contributed by atoms with Crippen LogP contribution >= 0.6 is 11.6 Å². The maximum absolute atomic E-state index is 13.0. The van der Waals surface area contributed by atoms with Gasteiger partial charge >= 0.3 is 0 Å². The Bertz CT molecular complexity index is 885. The molecule has 4 nitrogen and oxygen atoms in total. The lowest BCUT2D eigenvalue weighted by Crippen LogP contribution is -2.35. The van der Waals surface area contributed by atoms with Gasteiger partial charge in [-0.2, -0.15) is 0 Å². The van der Waals surface area contributed by atoms with E-state index in [0.29, 0.717) is 28.4 Å². The Morgan fingerprint density at radius 2 is 1.65 bits per heavy atom. The lowest BCUT2D eigenvalue weighted by molar-refractivity contribution is -0.137. The van der Waals surface area contributed by atoms with Gasteiger partial charge in [0.15, 0.2) is 0 Å². The molecule has 1 aliphatic heterocycles. The van der Waals surface area contributed by atoms with Crippen molar-refractivity contribution in [3.8, 4) is 0 Å². The summed E-state index contributed by atoms with van der Waals surface area (Å²) in [6.07, 6.45) is 0. The van der Waals surface area contributed by atoms with Crippen molar-refractivity contribution in [3.05, 3.63) is 70.4 Å². The first-order chi connectivity index (χ1) is 12.4. The van der Waals surface area contributed by atoms with E-state index in [1.165, 1.54) is 4.90 Å². The number of halogens is 1. The second-order valence-corrected chi connectivity index (χ2v) is 7.25. The molecule has 0 saturated heterocycles. The van der Waals surface area contributed by atoms with Gasteiger partial charge in [0.25, 0.3) is 11.8 Å². The van der Waals surface area contributed by atoms with Gasteiger partial charge < -0.3 is 5.32 Å². The van der Waals surface area contributed by atoms with Gasteiger partial charge in [-0.05, 0) is 42.2 Å². The zero-order valence-electron chi connectivity index (χ0n) is 15.0. The molecule has 0 aliphatic carbocycles. The van der Waals surface area contributed by atoms with Crippen molar-refractivity contribution in [3.63, 3.8) is 0 Å². The van der Waals surface area contributed by atoms with E-state index in [2.05, 4.69) is 5.32 Å². The highest BCUT2D eigenvalue weighted by molar-refractivity contribution is 6.37. The third-order valence-corrected chi connectivity index (χ3v) is 4.51. The van der Waals surface area contributed by atoms with E-state index < -0.39 is 0 Å². The van der Waals surface area contributed by atoms with Crippen molar-refractivity contribution in [1.29, 1.82) is 0 Å². The first-order valence-electron chi connectivity index (χ1n) is 8.57. The number of aryl methyl sites for hydroxylation is 1. The number of nitrogens with zero attached hydrogens (tertiary/aromatic N) is 1. The molecule has 0 aromatic heterocycles. The molecule has 2 aromatic carbocycles. The van der Waals surface area contributed by atoms with Crippen molar-refractivity contribution in [1.82, 2.24) is 4.90 Å². The van der Waals surface area contributed by atoms with Gasteiger partial charge in [-0.3, -0.25) is 14.5 Å². The number of benzene rings is 2. The number of amides is 2. The number of rotatable bonds is 5. The van der Waals surface area contributed by atoms with Crippen LogP contribution in [0.3, 0.4) is 0 Å². The number of hydrogen-bond donors (Lipinski definition) is 1. The minimum absolute atomic E-state index is 0.187. The van der Waals surface area contributed by atoms with E-state index in [1.807, 2.05) is 45.0 Å². The van der Waals surface area contributed by atoms with Gasteiger partial charge in [0, 0.05) is 17.3 Å². The van der Waals surface area contributed by atoms with Gasteiger partial charge in [0.05, 0.1) is 5.57 Å². The van der Waals surface area contributed by atoms with Crippen molar-refractivity contribution >= 4 is 34.7 Å². The normalized spacial score (nSPS) is 14.6. The van der Waals surface area contributed by atoms with E-state index in [-0.39, 0.29) is 17.7 Å². The predicted octanol–water partition coefficient (Wildman–Crippen LogP) is 4.50. The van der Waals surface area contributed by atoms with Crippen LogP contribution in [0.2, 0.25) is 5.02 Å². The zero-order valence-corrected chi connectivity index (χ0v) is 15.8. The van der Waals surface area contributed by atoms with Gasteiger partial charge in [0.2, 0.25) is 0 Å². The van der Waals surface area contributed by atoms with Crippen LogP contribution in [0.25, 0.3) is 5.57 Å². The summed E-state index contributed by atoms with van der Waals surface area (Å²) >= 11 is 5.97. The van der Waals surface area contributed by atoms with Crippen LogP contribution in [0.4, 0.5) is 5.69 Å². The van der Waals surface area contributed by atoms with Crippen molar-refractivity contribution < 1.29 is 9.59 Å². The molecule has 134 valence electrons. The monoisotopic (exact) mass is 368 g/mol. The Labute approximate surface area is 158 Å². The van der Waals surface area contributed by atoms with E-state index in [4.69, 9.17) is 11.6 Å². The van der Waals surface area contributed by atoms with Crippen LogP contribution in [0.5, 0.6) is 0 Å². The standard InChI is InChI=1S/C21H21ClN2O2/c1-13(2)12-24-20(25)18(15-8-10-16(22)11-9-15)19(21(24)26)23-17-7-5-4-6-14(17)3/h4-11,13,23H,12H2,1-3H3. The van der Waals surface area contributed by atoms with Crippen LogP contribution in [0, 0.1) is 12.8 Å². The number of carbonyl (C=O) groups is 2. The number of para-hydroxylation sites is 1. The molecule has 0 spiro atoms. The summed E-state index contributed by atoms with van der Waals surface area (Å²) < 4.78 is 0. The quantitative estimate of drug-likeness (QED) is 0.791. The molecule has 1 heterocycles. The van der Waals surface area contributed by atoms with E-state index in [1.54, 1.807) is 24.3 Å². The molecule has 3 rings (SSSR count). The smallest absolute Gasteiger partial charge is 0.278 e. The van der Waals surface area contributed by atoms with Crippen LogP contribution < -0.4 is 5.32 Å². The average Bonchev–Trinajstić information content (AvgIpc) is 2.82. The maximum Gasteiger partial charge on any atom is 0.278 e. The molecule has 0 atom stereocenters. The number of hydrogen-bond acceptors (Lipinski definition) is 3. The first kappa shape index (κ1) is 18.2. The van der Waals surface area contributed by atoms with Crippen molar-refractivity contribution in [2.75, 3.05) is 11.9 Å². The number of anilines is 1. The highest BCUT2D eigenvalue weighted by atomic mass is 35.5. The van der Waals surface area contributed by atoms with Crippen LogP contribution in [0.15, 0.2) is 54.2 Å². The fourth-order valence-corrected chi connectivity index (χ4v) is 3.08. The first-order valence-corrected chi connectivity index (χ1v) is 8.95. The van der Waals surface area contributed by atoms with Crippen molar-refractivity contribution in [2.45, 2.75) is 20.8 Å². The fourth-order valence-electron chi connectivity index (χ4n) is 2.96. The molecular weight excluding hydrogens is 348 g/mol. The number of carbonyl (C=O) groups excluding carboxylic acids is 2. The van der Waals surface area contributed by atoms with Gasteiger partial charge in [-0.25, -0.2) is 0 Å². The Morgan fingerprint density at radius 3 is 2.27 bits per heavy atom.